The van der Waals surface area contributed by atoms with E-state index in [4.69, 9.17) is 11.6 Å². The van der Waals surface area contributed by atoms with E-state index in [0.29, 0.717) is 18.1 Å². The third-order valence-corrected chi connectivity index (χ3v) is 3.01. The van der Waals surface area contributed by atoms with Crippen LogP contribution in [0.5, 0.6) is 0 Å². The van der Waals surface area contributed by atoms with E-state index >= 15 is 0 Å². The summed E-state index contributed by atoms with van der Waals surface area (Å²) in [4.78, 5) is 13.9. The van der Waals surface area contributed by atoms with Crippen molar-refractivity contribution in [2.75, 3.05) is 6.54 Å². The van der Waals surface area contributed by atoms with Gasteiger partial charge in [0.15, 0.2) is 0 Å². The molecule has 0 saturated heterocycles. The van der Waals surface area contributed by atoms with Gasteiger partial charge >= 0.3 is 0 Å². The predicted molar refractivity (Wildman–Crippen MR) is 75.5 cm³/mol. The molecule has 4 heteroatoms. The Balaban J connectivity index is 2.81. The van der Waals surface area contributed by atoms with E-state index in [-0.39, 0.29) is 5.91 Å². The molecule has 0 atom stereocenters. The summed E-state index contributed by atoms with van der Waals surface area (Å²) in [6.45, 7) is 6.96. The van der Waals surface area contributed by atoms with Crippen LogP contribution in [0.2, 0.25) is 5.02 Å². The Kier molecular flexibility index (Phi) is 5.02. The van der Waals surface area contributed by atoms with Crippen LogP contribution in [0.1, 0.15) is 26.3 Å². The Bertz CT molecular complexity index is 401. The van der Waals surface area contributed by atoms with Gasteiger partial charge in [-0.2, -0.15) is 0 Å². The lowest BCUT2D eigenvalue weighted by molar-refractivity contribution is -0.133. The Labute approximate surface area is 116 Å². The summed E-state index contributed by atoms with van der Waals surface area (Å²) in [5.74, 6) is 0.0833. The van der Waals surface area contributed by atoms with Crippen molar-refractivity contribution in [2.45, 2.75) is 31.6 Å². The number of carbonyl (C=O) groups excluding carboxylic acids is 1. The molecule has 0 unspecified atom stereocenters. The van der Waals surface area contributed by atoms with Crippen LogP contribution >= 0.6 is 27.5 Å². The Morgan fingerprint density at radius 2 is 2.12 bits per heavy atom. The van der Waals surface area contributed by atoms with Crippen molar-refractivity contribution in [3.8, 4) is 0 Å². The summed E-state index contributed by atoms with van der Waals surface area (Å²) in [7, 11) is 0. The molecule has 1 amide bonds. The molecule has 0 saturated carbocycles. The highest BCUT2D eigenvalue weighted by Gasteiger charge is 2.28. The normalized spacial score (nSPS) is 11.4. The van der Waals surface area contributed by atoms with Gasteiger partial charge in [-0.3, -0.25) is 4.79 Å². The number of benzene rings is 1. The highest BCUT2D eigenvalue weighted by molar-refractivity contribution is 9.10. The predicted octanol–water partition coefficient (Wildman–Crippen LogP) is 3.86. The molecule has 0 aliphatic rings. The lowest BCUT2D eigenvalue weighted by Gasteiger charge is -2.27. The fraction of sp³-hybridized carbons (Fsp3) is 0.462. The van der Waals surface area contributed by atoms with Crippen molar-refractivity contribution >= 4 is 33.4 Å². The van der Waals surface area contributed by atoms with Gasteiger partial charge in [0.2, 0.25) is 5.91 Å². The smallest absolute Gasteiger partial charge is 0.239 e. The van der Waals surface area contributed by atoms with Gasteiger partial charge < -0.3 is 4.90 Å². The molecule has 0 aliphatic heterocycles. The van der Waals surface area contributed by atoms with Gasteiger partial charge in [-0.1, -0.05) is 39.7 Å². The molecule has 1 aromatic carbocycles. The molecule has 94 valence electrons. The van der Waals surface area contributed by atoms with E-state index < -0.39 is 4.32 Å². The van der Waals surface area contributed by atoms with Gasteiger partial charge in [0.05, 0.1) is 4.32 Å². The first-order valence-corrected chi connectivity index (χ1v) is 6.74. The third kappa shape index (κ3) is 4.32. The van der Waals surface area contributed by atoms with E-state index in [2.05, 4.69) is 15.9 Å². The quantitative estimate of drug-likeness (QED) is 0.772. The van der Waals surface area contributed by atoms with Crippen LogP contribution in [0.15, 0.2) is 24.3 Å². The molecule has 0 fully saturated rings. The first-order valence-electron chi connectivity index (χ1n) is 5.57. The van der Waals surface area contributed by atoms with Gasteiger partial charge in [0.25, 0.3) is 0 Å². The van der Waals surface area contributed by atoms with Crippen molar-refractivity contribution in [1.82, 2.24) is 4.90 Å². The summed E-state index contributed by atoms with van der Waals surface area (Å²) in [6, 6.07) is 7.59. The van der Waals surface area contributed by atoms with E-state index in [1.807, 2.05) is 45.0 Å². The number of amides is 1. The van der Waals surface area contributed by atoms with Gasteiger partial charge in [0.1, 0.15) is 0 Å². The average molecular weight is 319 g/mol. The van der Waals surface area contributed by atoms with Crippen LogP contribution in [-0.4, -0.2) is 21.7 Å². The summed E-state index contributed by atoms with van der Waals surface area (Å²) < 4.78 is -0.526. The maximum Gasteiger partial charge on any atom is 0.239 e. The molecule has 17 heavy (non-hydrogen) atoms. The zero-order valence-corrected chi connectivity index (χ0v) is 12.7. The SMILES string of the molecule is CCN(Cc1cccc(Cl)c1)C(=O)C(C)(C)Br. The number of nitrogens with zero attached hydrogens (tertiary/aromatic N) is 1. The Morgan fingerprint density at radius 3 is 2.59 bits per heavy atom. The molecule has 0 aliphatic carbocycles. The summed E-state index contributed by atoms with van der Waals surface area (Å²) in [5.41, 5.74) is 1.05. The van der Waals surface area contributed by atoms with Crippen molar-refractivity contribution in [3.63, 3.8) is 0 Å². The standard InChI is InChI=1S/C13H17BrClNO/c1-4-16(12(17)13(2,3)14)9-10-6-5-7-11(15)8-10/h5-8H,4,9H2,1-3H3. The summed E-state index contributed by atoms with van der Waals surface area (Å²) >= 11 is 9.32. The molecule has 1 rings (SSSR count). The van der Waals surface area contributed by atoms with Crippen molar-refractivity contribution < 1.29 is 4.79 Å². The third-order valence-electron chi connectivity index (χ3n) is 2.44. The molecule has 1 aromatic rings. The first kappa shape index (κ1) is 14.5. The minimum Gasteiger partial charge on any atom is -0.337 e. The van der Waals surface area contributed by atoms with Crippen molar-refractivity contribution in [2.24, 2.45) is 0 Å². The maximum absolute atomic E-state index is 12.1. The average Bonchev–Trinajstić information content (AvgIpc) is 2.24. The molecule has 0 radical (unpaired) electrons. The number of carbonyl (C=O) groups is 1. The topological polar surface area (TPSA) is 20.3 Å². The van der Waals surface area contributed by atoms with E-state index in [1.54, 1.807) is 4.90 Å². The fourth-order valence-electron chi connectivity index (χ4n) is 1.56. The maximum atomic E-state index is 12.1. The Morgan fingerprint density at radius 1 is 1.47 bits per heavy atom. The molecule has 0 N–H and O–H groups in total. The minimum absolute atomic E-state index is 0.0833. The van der Waals surface area contributed by atoms with Gasteiger partial charge in [0, 0.05) is 18.1 Å². The van der Waals surface area contributed by atoms with Gasteiger partial charge in [-0.25, -0.2) is 0 Å². The van der Waals surface area contributed by atoms with Crippen LogP contribution in [0, 0.1) is 0 Å². The van der Waals surface area contributed by atoms with Crippen LogP contribution in [0.3, 0.4) is 0 Å². The molecule has 2 nitrogen and oxygen atoms in total. The van der Waals surface area contributed by atoms with Gasteiger partial charge in [-0.15, -0.1) is 0 Å². The number of halogens is 2. The number of hydrogen-bond acceptors (Lipinski definition) is 1. The zero-order valence-electron chi connectivity index (χ0n) is 10.3. The first-order chi connectivity index (χ1) is 7.84. The highest BCUT2D eigenvalue weighted by atomic mass is 79.9. The lowest BCUT2D eigenvalue weighted by Crippen LogP contribution is -2.41. The zero-order chi connectivity index (χ0) is 13.1. The molecular weight excluding hydrogens is 302 g/mol. The second-order valence-electron chi connectivity index (χ2n) is 4.42. The largest absolute Gasteiger partial charge is 0.337 e. The second-order valence-corrected chi connectivity index (χ2v) is 6.84. The molecule has 0 aromatic heterocycles. The van der Waals surface area contributed by atoms with Crippen LogP contribution in [0.25, 0.3) is 0 Å². The van der Waals surface area contributed by atoms with E-state index in [0.717, 1.165) is 5.56 Å². The second kappa shape index (κ2) is 5.87. The molecule has 0 heterocycles. The van der Waals surface area contributed by atoms with Crippen molar-refractivity contribution in [1.29, 1.82) is 0 Å². The van der Waals surface area contributed by atoms with E-state index in [9.17, 15) is 4.79 Å². The summed E-state index contributed by atoms with van der Waals surface area (Å²) in [6.07, 6.45) is 0. The molecule has 0 spiro atoms. The lowest BCUT2D eigenvalue weighted by atomic mass is 10.1. The number of alkyl halides is 1. The van der Waals surface area contributed by atoms with Gasteiger partial charge in [-0.05, 0) is 38.5 Å². The van der Waals surface area contributed by atoms with Crippen LogP contribution in [-0.2, 0) is 11.3 Å². The number of hydrogen-bond donors (Lipinski definition) is 0. The molecular formula is C13H17BrClNO. The highest BCUT2D eigenvalue weighted by Crippen LogP contribution is 2.21. The van der Waals surface area contributed by atoms with Crippen LogP contribution < -0.4 is 0 Å². The molecule has 0 bridgehead atoms. The Hall–Kier alpha value is -0.540. The number of rotatable bonds is 4. The minimum atomic E-state index is -0.526. The fourth-order valence-corrected chi connectivity index (χ4v) is 2.02. The van der Waals surface area contributed by atoms with Crippen LogP contribution in [0.4, 0.5) is 0 Å². The van der Waals surface area contributed by atoms with E-state index in [1.165, 1.54) is 0 Å². The monoisotopic (exact) mass is 317 g/mol. The van der Waals surface area contributed by atoms with Crippen molar-refractivity contribution in [3.05, 3.63) is 34.9 Å². The summed E-state index contributed by atoms with van der Waals surface area (Å²) in [5, 5.41) is 0.698.